The van der Waals surface area contributed by atoms with Crippen LogP contribution in [-0.4, -0.2) is 37.9 Å². The number of nitrogens with zero attached hydrogens (tertiary/aromatic N) is 1. The Labute approximate surface area is 90.0 Å². The lowest BCUT2D eigenvalue weighted by molar-refractivity contribution is -0.120. The second-order valence-corrected chi connectivity index (χ2v) is 5.21. The molecule has 0 bridgehead atoms. The third-order valence-corrected chi connectivity index (χ3v) is 3.11. The summed E-state index contributed by atoms with van der Waals surface area (Å²) in [5.41, 5.74) is 2.76. The Hall–Kier alpha value is -0.700. The van der Waals surface area contributed by atoms with Gasteiger partial charge >= 0.3 is 0 Å². The van der Waals surface area contributed by atoms with Gasteiger partial charge in [-0.25, -0.2) is 24.0 Å². The van der Waals surface area contributed by atoms with E-state index in [4.69, 9.17) is 5.14 Å². The maximum Gasteiger partial charge on any atom is 0.226 e. The summed E-state index contributed by atoms with van der Waals surface area (Å²) in [6.45, 7) is 4.51. The molecular weight excluding hydrogens is 220 g/mol. The number of carbonyl (C=O) groups excluding carboxylic acids is 1. The van der Waals surface area contributed by atoms with Gasteiger partial charge in [0, 0.05) is 14.0 Å². The zero-order valence-corrected chi connectivity index (χ0v) is 10.1. The molecule has 0 spiro atoms. The molecule has 0 aromatic carbocycles. The Bertz CT molecular complexity index is 316. The first kappa shape index (κ1) is 14.3. The molecule has 8 heteroatoms. The van der Waals surface area contributed by atoms with E-state index in [9.17, 15) is 13.2 Å². The van der Waals surface area contributed by atoms with Gasteiger partial charge in [-0.1, -0.05) is 0 Å². The number of sulfonamides is 1. The lowest BCUT2D eigenvalue weighted by atomic mass is 10.5. The summed E-state index contributed by atoms with van der Waals surface area (Å²) in [6, 6.07) is 0. The second kappa shape index (κ2) is 5.40. The Morgan fingerprint density at radius 3 is 2.20 bits per heavy atom. The van der Waals surface area contributed by atoms with Crippen molar-refractivity contribution in [2.75, 3.05) is 7.05 Å². The second-order valence-electron chi connectivity index (χ2n) is 3.35. The highest BCUT2D eigenvalue weighted by Crippen LogP contribution is 1.97. The first-order valence-electron chi connectivity index (χ1n) is 4.42. The summed E-state index contributed by atoms with van der Waals surface area (Å²) >= 11 is 0. The highest BCUT2D eigenvalue weighted by atomic mass is 32.2. The molecule has 90 valence electrons. The maximum absolute atomic E-state index is 11.0. The SMILES string of the molecule is CC(=O)NC(C)NN(C)C(C)S(N)(=O)=O. The van der Waals surface area contributed by atoms with Gasteiger partial charge in [-0.15, -0.1) is 0 Å². The van der Waals surface area contributed by atoms with Gasteiger partial charge in [0.05, 0.1) is 6.17 Å². The third kappa shape index (κ3) is 5.67. The summed E-state index contributed by atoms with van der Waals surface area (Å²) in [4.78, 5) is 10.7. The number of primary sulfonamides is 1. The minimum absolute atomic E-state index is 0.202. The molecule has 0 saturated carbocycles. The van der Waals surface area contributed by atoms with Gasteiger partial charge in [-0.05, 0) is 13.8 Å². The van der Waals surface area contributed by atoms with Crippen LogP contribution in [0.5, 0.6) is 0 Å². The summed E-state index contributed by atoms with van der Waals surface area (Å²) in [5, 5.41) is 7.98. The van der Waals surface area contributed by atoms with Crippen LogP contribution in [0.2, 0.25) is 0 Å². The molecular formula is C7H18N4O3S. The van der Waals surface area contributed by atoms with Crippen LogP contribution in [0.1, 0.15) is 20.8 Å². The molecule has 0 aliphatic carbocycles. The van der Waals surface area contributed by atoms with Crippen molar-refractivity contribution in [1.29, 1.82) is 0 Å². The Morgan fingerprint density at radius 2 is 1.87 bits per heavy atom. The zero-order chi connectivity index (χ0) is 12.2. The Balaban J connectivity index is 4.25. The number of hydrogen-bond donors (Lipinski definition) is 3. The van der Waals surface area contributed by atoms with E-state index in [0.29, 0.717) is 0 Å². The minimum Gasteiger partial charge on any atom is -0.340 e. The van der Waals surface area contributed by atoms with Gasteiger partial charge in [0.15, 0.2) is 0 Å². The van der Waals surface area contributed by atoms with E-state index in [1.807, 2.05) is 0 Å². The van der Waals surface area contributed by atoms with E-state index < -0.39 is 15.4 Å². The molecule has 0 saturated heterocycles. The molecule has 0 rings (SSSR count). The molecule has 7 nitrogen and oxygen atoms in total. The van der Waals surface area contributed by atoms with Crippen molar-refractivity contribution >= 4 is 15.9 Å². The molecule has 0 aromatic heterocycles. The van der Waals surface area contributed by atoms with Crippen LogP contribution < -0.4 is 15.9 Å². The van der Waals surface area contributed by atoms with E-state index in [2.05, 4.69) is 10.7 Å². The normalized spacial score (nSPS) is 16.1. The number of nitrogens with two attached hydrogens (primary N) is 1. The van der Waals surface area contributed by atoms with Crippen LogP contribution in [0.4, 0.5) is 0 Å². The highest BCUT2D eigenvalue weighted by molar-refractivity contribution is 7.89. The quantitative estimate of drug-likeness (QED) is 0.401. The maximum atomic E-state index is 11.0. The number of rotatable bonds is 5. The van der Waals surface area contributed by atoms with Gasteiger partial charge in [0.25, 0.3) is 0 Å². The summed E-state index contributed by atoms with van der Waals surface area (Å²) in [5.74, 6) is -0.202. The van der Waals surface area contributed by atoms with Crippen LogP contribution in [0.25, 0.3) is 0 Å². The lowest BCUT2D eigenvalue weighted by Gasteiger charge is -2.27. The first-order chi connectivity index (χ1) is 6.64. The van der Waals surface area contributed by atoms with Crippen molar-refractivity contribution in [2.24, 2.45) is 5.14 Å². The van der Waals surface area contributed by atoms with Crippen LogP contribution in [0, 0.1) is 0 Å². The standard InChI is InChI=1S/C7H18N4O3S/c1-5(9-6(2)12)10-11(4)7(3)15(8,13)14/h5,7,10H,1-4H3,(H,9,12)(H2,8,13,14). The fourth-order valence-electron chi connectivity index (χ4n) is 0.968. The molecule has 2 unspecified atom stereocenters. The molecule has 0 heterocycles. The number of amides is 1. The fourth-order valence-corrected chi connectivity index (χ4v) is 1.47. The third-order valence-electron chi connectivity index (χ3n) is 1.84. The van der Waals surface area contributed by atoms with Gasteiger partial charge in [0.1, 0.15) is 5.37 Å². The molecule has 2 atom stereocenters. The minimum atomic E-state index is -3.63. The lowest BCUT2D eigenvalue weighted by Crippen LogP contribution is -2.55. The summed E-state index contributed by atoms with van der Waals surface area (Å²) in [7, 11) is -2.09. The largest absolute Gasteiger partial charge is 0.340 e. The highest BCUT2D eigenvalue weighted by Gasteiger charge is 2.21. The summed E-state index contributed by atoms with van der Waals surface area (Å²) in [6.07, 6.45) is -0.364. The average Bonchev–Trinajstić information content (AvgIpc) is 1.99. The van der Waals surface area contributed by atoms with E-state index in [1.54, 1.807) is 6.92 Å². The monoisotopic (exact) mass is 238 g/mol. The average molecular weight is 238 g/mol. The van der Waals surface area contributed by atoms with Crippen molar-refractivity contribution in [3.63, 3.8) is 0 Å². The number of hydrogen-bond acceptors (Lipinski definition) is 5. The van der Waals surface area contributed by atoms with Crippen molar-refractivity contribution in [1.82, 2.24) is 15.8 Å². The van der Waals surface area contributed by atoms with E-state index in [0.717, 1.165) is 0 Å². The summed E-state index contributed by atoms with van der Waals surface area (Å²) < 4.78 is 22.0. The zero-order valence-electron chi connectivity index (χ0n) is 9.31. The van der Waals surface area contributed by atoms with Crippen molar-refractivity contribution in [3.8, 4) is 0 Å². The smallest absolute Gasteiger partial charge is 0.226 e. The predicted octanol–water partition coefficient (Wildman–Crippen LogP) is -1.46. The van der Waals surface area contributed by atoms with Crippen molar-refractivity contribution in [3.05, 3.63) is 0 Å². The molecule has 4 N–H and O–H groups in total. The van der Waals surface area contributed by atoms with Crippen LogP contribution in [-0.2, 0) is 14.8 Å². The van der Waals surface area contributed by atoms with Crippen LogP contribution in [0.3, 0.4) is 0 Å². The topological polar surface area (TPSA) is 105 Å². The number of hydrazine groups is 1. The van der Waals surface area contributed by atoms with Gasteiger partial charge < -0.3 is 5.32 Å². The molecule has 0 fully saturated rings. The van der Waals surface area contributed by atoms with Gasteiger partial charge in [0.2, 0.25) is 15.9 Å². The molecule has 15 heavy (non-hydrogen) atoms. The van der Waals surface area contributed by atoms with E-state index in [-0.39, 0.29) is 12.1 Å². The van der Waals surface area contributed by atoms with Crippen LogP contribution in [0.15, 0.2) is 0 Å². The first-order valence-corrected chi connectivity index (χ1v) is 6.03. The van der Waals surface area contributed by atoms with Gasteiger partial charge in [-0.2, -0.15) is 0 Å². The van der Waals surface area contributed by atoms with Gasteiger partial charge in [-0.3, -0.25) is 4.79 Å². The Morgan fingerprint density at radius 1 is 1.40 bits per heavy atom. The van der Waals surface area contributed by atoms with Crippen molar-refractivity contribution in [2.45, 2.75) is 32.3 Å². The predicted molar refractivity (Wildman–Crippen MR) is 56.7 cm³/mol. The van der Waals surface area contributed by atoms with Crippen LogP contribution >= 0.6 is 0 Å². The number of carbonyl (C=O) groups is 1. The Kier molecular flexibility index (Phi) is 5.15. The van der Waals surface area contributed by atoms with E-state index >= 15 is 0 Å². The fraction of sp³-hybridized carbons (Fsp3) is 0.857. The van der Waals surface area contributed by atoms with Crippen molar-refractivity contribution < 1.29 is 13.2 Å². The molecule has 0 radical (unpaired) electrons. The number of nitrogens with one attached hydrogen (secondary N) is 2. The molecule has 0 aliphatic heterocycles. The van der Waals surface area contributed by atoms with E-state index in [1.165, 1.54) is 25.9 Å². The molecule has 0 aromatic rings. The molecule has 0 aliphatic rings. The molecule has 1 amide bonds.